The zero-order valence-electron chi connectivity index (χ0n) is 17.3. The molecular formula is C26H22ClNO4. The number of aliphatic carboxylic acids is 1. The van der Waals surface area contributed by atoms with Gasteiger partial charge in [-0.15, -0.1) is 0 Å². The molecule has 0 heterocycles. The Morgan fingerprint density at radius 2 is 1.59 bits per heavy atom. The van der Waals surface area contributed by atoms with E-state index in [2.05, 4.69) is 17.4 Å². The molecule has 0 bridgehead atoms. The second-order valence-corrected chi connectivity index (χ2v) is 8.93. The lowest BCUT2D eigenvalue weighted by Gasteiger charge is -2.44. The molecule has 0 aromatic heterocycles. The summed E-state index contributed by atoms with van der Waals surface area (Å²) >= 11 is 6.06. The fourth-order valence-corrected chi connectivity index (χ4v) is 5.14. The highest BCUT2D eigenvalue weighted by Gasteiger charge is 2.52. The molecule has 0 atom stereocenters. The Morgan fingerprint density at radius 3 is 2.19 bits per heavy atom. The lowest BCUT2D eigenvalue weighted by molar-refractivity contribution is -0.149. The number of benzene rings is 3. The van der Waals surface area contributed by atoms with Crippen LogP contribution in [-0.4, -0.2) is 29.3 Å². The molecule has 1 fully saturated rings. The van der Waals surface area contributed by atoms with Crippen molar-refractivity contribution in [1.29, 1.82) is 0 Å². The molecule has 0 spiro atoms. The number of hydrogen-bond acceptors (Lipinski definition) is 3. The number of rotatable bonds is 5. The standard InChI is InChI=1S/C26H22ClNO4/c27-18-7-5-6-16(12-18)17-13-26(14-17,24(29)30)28-25(31)32-15-23-21-10-3-1-8-19(21)20-9-2-4-11-22(20)23/h1-12,17,23H,13-15H2,(H,28,31)(H,29,30). The molecule has 0 radical (unpaired) electrons. The summed E-state index contributed by atoms with van der Waals surface area (Å²) in [5.41, 5.74) is 4.15. The third-order valence-electron chi connectivity index (χ3n) is 6.60. The Hall–Kier alpha value is -3.31. The van der Waals surface area contributed by atoms with Crippen molar-refractivity contribution >= 4 is 23.7 Å². The number of carbonyl (C=O) groups excluding carboxylic acids is 1. The highest BCUT2D eigenvalue weighted by Crippen LogP contribution is 2.46. The minimum atomic E-state index is -1.32. The Balaban J connectivity index is 1.26. The lowest BCUT2D eigenvalue weighted by Crippen LogP contribution is -2.61. The molecular weight excluding hydrogens is 426 g/mol. The van der Waals surface area contributed by atoms with E-state index in [1.807, 2.05) is 54.6 Å². The van der Waals surface area contributed by atoms with E-state index in [1.165, 1.54) is 0 Å². The highest BCUT2D eigenvalue weighted by atomic mass is 35.5. The second-order valence-electron chi connectivity index (χ2n) is 8.50. The predicted molar refractivity (Wildman–Crippen MR) is 122 cm³/mol. The van der Waals surface area contributed by atoms with E-state index in [9.17, 15) is 14.7 Å². The van der Waals surface area contributed by atoms with Crippen molar-refractivity contribution in [2.24, 2.45) is 0 Å². The van der Waals surface area contributed by atoms with E-state index in [-0.39, 0.29) is 18.4 Å². The molecule has 6 heteroatoms. The van der Waals surface area contributed by atoms with Gasteiger partial charge in [-0.1, -0.05) is 72.3 Å². The third kappa shape index (κ3) is 3.53. The van der Waals surface area contributed by atoms with Crippen molar-refractivity contribution in [3.63, 3.8) is 0 Å². The van der Waals surface area contributed by atoms with Crippen LogP contribution in [0.2, 0.25) is 5.02 Å². The van der Waals surface area contributed by atoms with Gasteiger partial charge in [-0.3, -0.25) is 0 Å². The second kappa shape index (κ2) is 7.99. The van der Waals surface area contributed by atoms with Crippen molar-refractivity contribution in [3.8, 4) is 11.1 Å². The number of ether oxygens (including phenoxy) is 1. The van der Waals surface area contributed by atoms with E-state index in [1.54, 1.807) is 6.07 Å². The van der Waals surface area contributed by atoms with E-state index in [0.29, 0.717) is 17.9 Å². The Labute approximate surface area is 191 Å². The van der Waals surface area contributed by atoms with Crippen molar-refractivity contribution in [3.05, 3.63) is 94.5 Å². The quantitative estimate of drug-likeness (QED) is 0.535. The van der Waals surface area contributed by atoms with Gasteiger partial charge in [0.15, 0.2) is 0 Å². The molecule has 162 valence electrons. The van der Waals surface area contributed by atoms with Crippen LogP contribution in [0.5, 0.6) is 0 Å². The van der Waals surface area contributed by atoms with E-state index in [4.69, 9.17) is 16.3 Å². The van der Waals surface area contributed by atoms with Gasteiger partial charge in [-0.05, 0) is 58.7 Å². The van der Waals surface area contributed by atoms with Crippen LogP contribution in [-0.2, 0) is 9.53 Å². The first kappa shape index (κ1) is 20.6. The number of halogens is 1. The van der Waals surface area contributed by atoms with Gasteiger partial charge in [-0.2, -0.15) is 0 Å². The smallest absolute Gasteiger partial charge is 0.408 e. The van der Waals surface area contributed by atoms with Crippen LogP contribution in [0.25, 0.3) is 11.1 Å². The predicted octanol–water partition coefficient (Wildman–Crippen LogP) is 5.58. The van der Waals surface area contributed by atoms with Crippen LogP contribution in [0.1, 0.15) is 41.4 Å². The van der Waals surface area contributed by atoms with Gasteiger partial charge in [-0.25, -0.2) is 9.59 Å². The first-order chi connectivity index (χ1) is 15.5. The normalized spacial score (nSPS) is 21.2. The SMILES string of the molecule is O=C(NC1(C(=O)O)CC(c2cccc(Cl)c2)C1)OCC1c2ccccc2-c2ccccc21. The molecule has 1 amide bonds. The Kier molecular flexibility index (Phi) is 5.14. The van der Waals surface area contributed by atoms with Crippen molar-refractivity contribution in [2.75, 3.05) is 6.61 Å². The molecule has 2 N–H and O–H groups in total. The molecule has 3 aromatic rings. The Bertz CT molecular complexity index is 1160. The molecule has 2 aliphatic rings. The van der Waals surface area contributed by atoms with Gasteiger partial charge in [0.05, 0.1) is 0 Å². The minimum Gasteiger partial charge on any atom is -0.480 e. The van der Waals surface area contributed by atoms with Crippen LogP contribution in [0.15, 0.2) is 72.8 Å². The molecule has 32 heavy (non-hydrogen) atoms. The van der Waals surface area contributed by atoms with Crippen molar-refractivity contribution < 1.29 is 19.4 Å². The first-order valence-corrected chi connectivity index (χ1v) is 11.0. The number of carbonyl (C=O) groups is 2. The summed E-state index contributed by atoms with van der Waals surface area (Å²) in [6.45, 7) is 0.146. The molecule has 0 unspecified atom stereocenters. The average molecular weight is 448 g/mol. The molecule has 5 nitrogen and oxygen atoms in total. The number of amides is 1. The fraction of sp³-hybridized carbons (Fsp3) is 0.231. The van der Waals surface area contributed by atoms with Crippen LogP contribution >= 0.6 is 11.6 Å². The summed E-state index contributed by atoms with van der Waals surface area (Å²) in [5.74, 6) is -1.10. The largest absolute Gasteiger partial charge is 0.480 e. The average Bonchev–Trinajstić information content (AvgIpc) is 3.08. The van der Waals surface area contributed by atoms with Gasteiger partial charge < -0.3 is 15.2 Å². The minimum absolute atomic E-state index is 0.0266. The Morgan fingerprint density at radius 1 is 0.969 bits per heavy atom. The maximum absolute atomic E-state index is 12.6. The van der Waals surface area contributed by atoms with Crippen LogP contribution in [0.4, 0.5) is 4.79 Å². The number of alkyl carbamates (subject to hydrolysis) is 1. The van der Waals surface area contributed by atoms with E-state index >= 15 is 0 Å². The van der Waals surface area contributed by atoms with Crippen molar-refractivity contribution in [2.45, 2.75) is 30.2 Å². The molecule has 0 saturated heterocycles. The van der Waals surface area contributed by atoms with Gasteiger partial charge in [0.25, 0.3) is 0 Å². The zero-order chi connectivity index (χ0) is 22.3. The third-order valence-corrected chi connectivity index (χ3v) is 6.84. The molecule has 1 saturated carbocycles. The van der Waals surface area contributed by atoms with E-state index in [0.717, 1.165) is 27.8 Å². The topological polar surface area (TPSA) is 75.6 Å². The van der Waals surface area contributed by atoms with Crippen LogP contribution in [0.3, 0.4) is 0 Å². The summed E-state index contributed by atoms with van der Waals surface area (Å²) in [6.07, 6.45) is -0.112. The number of nitrogens with one attached hydrogen (secondary N) is 1. The molecule has 3 aromatic carbocycles. The summed E-state index contributed by atoms with van der Waals surface area (Å²) < 4.78 is 5.55. The summed E-state index contributed by atoms with van der Waals surface area (Å²) in [7, 11) is 0. The summed E-state index contributed by atoms with van der Waals surface area (Å²) in [5, 5.41) is 13.0. The molecule has 0 aliphatic heterocycles. The van der Waals surface area contributed by atoms with Crippen LogP contribution < -0.4 is 5.32 Å². The van der Waals surface area contributed by atoms with Gasteiger partial charge in [0.1, 0.15) is 12.1 Å². The fourth-order valence-electron chi connectivity index (χ4n) is 4.94. The summed E-state index contributed by atoms with van der Waals surface area (Å²) in [6, 6.07) is 23.5. The van der Waals surface area contributed by atoms with Gasteiger partial charge in [0.2, 0.25) is 0 Å². The zero-order valence-corrected chi connectivity index (χ0v) is 18.0. The number of hydrogen-bond donors (Lipinski definition) is 2. The van der Waals surface area contributed by atoms with Crippen molar-refractivity contribution in [1.82, 2.24) is 5.32 Å². The number of carboxylic acid groups (broad SMARTS) is 1. The van der Waals surface area contributed by atoms with Crippen LogP contribution in [0, 0.1) is 0 Å². The highest BCUT2D eigenvalue weighted by molar-refractivity contribution is 6.30. The van der Waals surface area contributed by atoms with E-state index < -0.39 is 17.6 Å². The molecule has 5 rings (SSSR count). The van der Waals surface area contributed by atoms with Gasteiger partial charge in [0, 0.05) is 10.9 Å². The summed E-state index contributed by atoms with van der Waals surface area (Å²) in [4.78, 5) is 24.6. The number of fused-ring (bicyclic) bond motifs is 3. The maximum atomic E-state index is 12.6. The lowest BCUT2D eigenvalue weighted by atomic mass is 9.65. The molecule has 2 aliphatic carbocycles. The number of carboxylic acids is 1. The first-order valence-electron chi connectivity index (χ1n) is 10.6. The maximum Gasteiger partial charge on any atom is 0.408 e. The monoisotopic (exact) mass is 447 g/mol. The van der Waals surface area contributed by atoms with Gasteiger partial charge >= 0.3 is 12.1 Å².